The number of hydrogen-bond donors (Lipinski definition) is 0. The molecule has 246 valence electrons. The van der Waals surface area contributed by atoms with Gasteiger partial charge in [0.15, 0.2) is 0 Å². The molecule has 0 aliphatic carbocycles. The van der Waals surface area contributed by atoms with Crippen LogP contribution in [0.4, 0.5) is 74.6 Å². The molecule has 0 fully saturated rings. The molecular weight excluding hydrogens is 627 g/mol. The molecule has 1 aromatic carbocycles. The zero-order chi connectivity index (χ0) is 33.5. The third-order valence-corrected chi connectivity index (χ3v) is 5.56. The smallest absolute Gasteiger partial charge is 0.382 e. The lowest BCUT2D eigenvalue weighted by Crippen LogP contribution is -2.74. The first-order chi connectivity index (χ1) is 18.7. The number of alkyl halides is 17. The van der Waals surface area contributed by atoms with Crippen LogP contribution >= 0.6 is 0 Å². The average molecular weight is 652 g/mol. The van der Waals surface area contributed by atoms with E-state index in [9.17, 15) is 74.6 Å². The van der Waals surface area contributed by atoms with Crippen molar-refractivity contribution >= 4 is 6.08 Å². The van der Waals surface area contributed by atoms with E-state index in [1.807, 2.05) is 36.4 Å². The van der Waals surface area contributed by atoms with Crippen molar-refractivity contribution in [1.82, 2.24) is 0 Å². The molecule has 0 atom stereocenters. The largest absolute Gasteiger partial charge is 0.460 e. The summed E-state index contributed by atoms with van der Waals surface area (Å²) in [6.07, 6.45) is -9.70. The zero-order valence-electron chi connectivity index (χ0n) is 21.5. The molecule has 0 unspecified atom stereocenters. The van der Waals surface area contributed by atoms with Gasteiger partial charge in [-0.05, 0) is 25.3 Å². The van der Waals surface area contributed by atoms with Crippen molar-refractivity contribution in [3.8, 4) is 0 Å². The van der Waals surface area contributed by atoms with E-state index in [0.29, 0.717) is 0 Å². The fourth-order valence-electron chi connectivity index (χ4n) is 2.99. The molecule has 0 saturated heterocycles. The Balaban J connectivity index is 0.00000179. The van der Waals surface area contributed by atoms with Crippen LogP contribution in [0.1, 0.15) is 44.6 Å². The van der Waals surface area contributed by atoms with Crippen LogP contribution in [-0.4, -0.2) is 60.8 Å². The Morgan fingerprint density at radius 2 is 0.976 bits per heavy atom. The molecule has 1 nitrogen and oxygen atoms in total. The maximum absolute atomic E-state index is 13.6. The first kappa shape index (κ1) is 39.7. The summed E-state index contributed by atoms with van der Waals surface area (Å²) in [5.74, 6) is -55.8. The van der Waals surface area contributed by atoms with Crippen LogP contribution in [0.5, 0.6) is 0 Å². The van der Waals surface area contributed by atoms with E-state index < -0.39 is 66.9 Å². The summed E-state index contributed by atoms with van der Waals surface area (Å²) in [6, 6.07) is 10.0. The fraction of sp³-hybridized carbons (Fsp3) is 0.667. The van der Waals surface area contributed by atoms with Crippen molar-refractivity contribution in [3.63, 3.8) is 0 Å². The van der Waals surface area contributed by atoms with Crippen LogP contribution in [0.3, 0.4) is 0 Å². The van der Waals surface area contributed by atoms with Gasteiger partial charge < -0.3 is 4.74 Å². The van der Waals surface area contributed by atoms with Crippen LogP contribution in [-0.2, 0) is 4.74 Å². The summed E-state index contributed by atoms with van der Waals surface area (Å²) in [6.45, 7) is 5.51. The lowest BCUT2D eigenvalue weighted by Gasteiger charge is -2.42. The van der Waals surface area contributed by atoms with Crippen molar-refractivity contribution < 1.29 is 79.4 Å². The summed E-state index contributed by atoms with van der Waals surface area (Å²) in [7, 11) is 0. The normalized spacial score (nSPS) is 14.3. The minimum atomic E-state index is -8.58. The number of unbranched alkanes of at least 4 members (excludes halogenated alkanes) is 3. The predicted octanol–water partition coefficient (Wildman–Crippen LogP) is 10.3. The molecule has 0 heterocycles. The second-order valence-corrected chi connectivity index (χ2v) is 8.62. The van der Waals surface area contributed by atoms with Crippen LogP contribution < -0.4 is 0 Å². The number of benzene rings is 1. The Morgan fingerprint density at radius 3 is 1.36 bits per heavy atom. The minimum Gasteiger partial charge on any atom is -0.382 e. The van der Waals surface area contributed by atoms with Gasteiger partial charge in [-0.2, -0.15) is 74.6 Å². The van der Waals surface area contributed by atoms with Crippen molar-refractivity contribution in [2.75, 3.05) is 13.2 Å². The molecule has 42 heavy (non-hydrogen) atoms. The summed E-state index contributed by atoms with van der Waals surface area (Å²) >= 11 is 0. The van der Waals surface area contributed by atoms with Gasteiger partial charge in [-0.25, -0.2) is 0 Å². The second-order valence-electron chi connectivity index (χ2n) is 8.62. The van der Waals surface area contributed by atoms with Crippen LogP contribution in [0, 0.1) is 0 Å². The topological polar surface area (TPSA) is 9.23 Å². The van der Waals surface area contributed by atoms with E-state index in [1.165, 1.54) is 5.56 Å². The van der Waals surface area contributed by atoms with E-state index in [0.717, 1.165) is 0 Å². The Morgan fingerprint density at radius 1 is 0.571 bits per heavy atom. The first-order valence-electron chi connectivity index (χ1n) is 11.7. The lowest BCUT2D eigenvalue weighted by atomic mass is 9.88. The third-order valence-electron chi connectivity index (χ3n) is 5.56. The average Bonchev–Trinajstić information content (AvgIpc) is 2.87. The zero-order valence-corrected chi connectivity index (χ0v) is 21.5. The Bertz CT molecular complexity index is 955. The molecule has 0 spiro atoms. The molecule has 0 radical (unpaired) electrons. The molecule has 0 bridgehead atoms. The van der Waals surface area contributed by atoms with E-state index in [4.69, 9.17) is 4.74 Å². The highest BCUT2D eigenvalue weighted by Crippen LogP contribution is 2.64. The molecule has 0 aliphatic heterocycles. The number of hydrogen-bond acceptors (Lipinski definition) is 1. The van der Waals surface area contributed by atoms with Crippen molar-refractivity contribution in [2.45, 2.75) is 86.7 Å². The Labute approximate surface area is 228 Å². The summed E-state index contributed by atoms with van der Waals surface area (Å²) in [5.41, 5.74) is 1.17. The minimum absolute atomic E-state index is 0.0367. The predicted molar refractivity (Wildman–Crippen MR) is 117 cm³/mol. The van der Waals surface area contributed by atoms with Crippen LogP contribution in [0.15, 0.2) is 36.9 Å². The van der Waals surface area contributed by atoms with Crippen LogP contribution in [0.25, 0.3) is 6.08 Å². The summed E-state index contributed by atoms with van der Waals surface area (Å²) in [5, 5.41) is 0. The monoisotopic (exact) mass is 652 g/mol. The number of rotatable bonds is 15. The molecule has 0 saturated carbocycles. The van der Waals surface area contributed by atoms with E-state index in [-0.39, 0.29) is 26.1 Å². The summed E-state index contributed by atoms with van der Waals surface area (Å²) < 4.78 is 227. The lowest BCUT2D eigenvalue weighted by molar-refractivity contribution is -0.461. The fourth-order valence-corrected chi connectivity index (χ4v) is 2.99. The molecule has 0 N–H and O–H groups in total. The van der Waals surface area contributed by atoms with E-state index >= 15 is 0 Å². The van der Waals surface area contributed by atoms with Gasteiger partial charge in [0.05, 0.1) is 0 Å². The van der Waals surface area contributed by atoms with Crippen molar-refractivity contribution in [3.05, 3.63) is 42.5 Å². The maximum Gasteiger partial charge on any atom is 0.460 e. The molecule has 0 aliphatic rings. The van der Waals surface area contributed by atoms with Gasteiger partial charge in [0.1, 0.15) is 0 Å². The summed E-state index contributed by atoms with van der Waals surface area (Å²) in [4.78, 5) is 0. The van der Waals surface area contributed by atoms with Gasteiger partial charge >= 0.3 is 47.6 Å². The highest BCUT2D eigenvalue weighted by Gasteiger charge is 2.95. The number of halogens is 17. The molecule has 0 amide bonds. The van der Waals surface area contributed by atoms with E-state index in [1.54, 1.807) is 6.92 Å². The second kappa shape index (κ2) is 14.0. The Hall–Kier alpha value is -2.27. The highest BCUT2D eigenvalue weighted by molar-refractivity contribution is 5.45. The molecule has 18 heteroatoms. The third kappa shape index (κ3) is 7.81. The van der Waals surface area contributed by atoms with Gasteiger partial charge in [-0.1, -0.05) is 55.8 Å². The maximum atomic E-state index is 13.6. The SMILES string of the molecule is C=Cc1ccccc1.CCOCCCCCCC(F)(F)C(F)(F)C(F)(F)C(F)(F)C(F)(F)C(F)(F)C(F)(F)C(F)(F)F. The van der Waals surface area contributed by atoms with Gasteiger partial charge in [-0.15, -0.1) is 0 Å². The Kier molecular flexibility index (Phi) is 13.3. The molecule has 0 aromatic heterocycles. The van der Waals surface area contributed by atoms with Crippen molar-refractivity contribution in [2.24, 2.45) is 0 Å². The number of ether oxygens (including phenoxy) is 1. The van der Waals surface area contributed by atoms with Crippen LogP contribution in [0.2, 0.25) is 0 Å². The van der Waals surface area contributed by atoms with Gasteiger partial charge in [0.2, 0.25) is 0 Å². The van der Waals surface area contributed by atoms with Gasteiger partial charge in [0.25, 0.3) is 0 Å². The van der Waals surface area contributed by atoms with Gasteiger partial charge in [0, 0.05) is 19.6 Å². The first-order valence-corrected chi connectivity index (χ1v) is 11.7. The van der Waals surface area contributed by atoms with Crippen molar-refractivity contribution in [1.29, 1.82) is 0 Å². The molecular formula is C24H25F17O. The van der Waals surface area contributed by atoms with Gasteiger partial charge in [-0.3, -0.25) is 0 Å². The standard InChI is InChI=1S/C16H17F17O.C8H8/c1-2-34-8-6-4-3-5-7-9(17,18)10(19,20)11(21,22)12(23,24)13(25,26)14(27,28)15(29,30)16(31,32)33;1-2-8-6-4-3-5-7-8/h2-8H2,1H3;2-7H,1H2. The quantitative estimate of drug-likeness (QED) is 0.135. The molecule has 1 rings (SSSR count). The highest BCUT2D eigenvalue weighted by atomic mass is 19.4. The van der Waals surface area contributed by atoms with E-state index in [2.05, 4.69) is 6.58 Å². The molecule has 1 aromatic rings.